The molecular formula is C16H14BrClO4. The Labute approximate surface area is 141 Å². The van der Waals surface area contributed by atoms with Crippen LogP contribution in [-0.2, 0) is 6.61 Å². The molecule has 0 bridgehead atoms. The SMILES string of the molecule is CCOc1cc(C(=O)O)cc(Br)c1OCc1ccc(Cl)cc1. The first-order chi connectivity index (χ1) is 10.5. The van der Waals surface area contributed by atoms with E-state index in [1.807, 2.05) is 19.1 Å². The van der Waals surface area contributed by atoms with E-state index in [-0.39, 0.29) is 5.56 Å². The van der Waals surface area contributed by atoms with Crippen LogP contribution in [0.3, 0.4) is 0 Å². The molecule has 2 aromatic rings. The number of rotatable bonds is 6. The molecule has 0 aliphatic heterocycles. The summed E-state index contributed by atoms with van der Waals surface area (Å²) in [6.45, 7) is 2.55. The fraction of sp³-hybridized carbons (Fsp3) is 0.188. The molecule has 1 N–H and O–H groups in total. The highest BCUT2D eigenvalue weighted by Crippen LogP contribution is 2.37. The Morgan fingerprint density at radius 3 is 2.50 bits per heavy atom. The van der Waals surface area contributed by atoms with Crippen molar-refractivity contribution in [2.45, 2.75) is 13.5 Å². The second-order valence-electron chi connectivity index (χ2n) is 4.44. The van der Waals surface area contributed by atoms with Crippen molar-refractivity contribution < 1.29 is 19.4 Å². The van der Waals surface area contributed by atoms with Crippen molar-refractivity contribution in [2.24, 2.45) is 0 Å². The number of ether oxygens (including phenoxy) is 2. The van der Waals surface area contributed by atoms with Crippen LogP contribution < -0.4 is 9.47 Å². The molecule has 0 amide bonds. The summed E-state index contributed by atoms with van der Waals surface area (Å²) in [6.07, 6.45) is 0. The van der Waals surface area contributed by atoms with Crippen LogP contribution in [0.25, 0.3) is 0 Å². The molecule has 0 aliphatic carbocycles. The minimum Gasteiger partial charge on any atom is -0.490 e. The highest BCUT2D eigenvalue weighted by atomic mass is 79.9. The van der Waals surface area contributed by atoms with Crippen LogP contribution in [0.4, 0.5) is 0 Å². The highest BCUT2D eigenvalue weighted by Gasteiger charge is 2.15. The molecule has 0 radical (unpaired) electrons. The molecule has 2 aromatic carbocycles. The molecule has 0 aromatic heterocycles. The van der Waals surface area contributed by atoms with Crippen LogP contribution >= 0.6 is 27.5 Å². The van der Waals surface area contributed by atoms with Gasteiger partial charge >= 0.3 is 5.97 Å². The zero-order chi connectivity index (χ0) is 16.1. The first-order valence-corrected chi connectivity index (χ1v) is 7.75. The highest BCUT2D eigenvalue weighted by molar-refractivity contribution is 9.10. The predicted octanol–water partition coefficient (Wildman–Crippen LogP) is 4.78. The summed E-state index contributed by atoms with van der Waals surface area (Å²) in [5.74, 6) is -0.157. The van der Waals surface area contributed by atoms with Crippen molar-refractivity contribution in [3.8, 4) is 11.5 Å². The molecule has 0 spiro atoms. The van der Waals surface area contributed by atoms with Crippen molar-refractivity contribution in [2.75, 3.05) is 6.61 Å². The van der Waals surface area contributed by atoms with Crippen molar-refractivity contribution >= 4 is 33.5 Å². The van der Waals surface area contributed by atoms with E-state index in [0.29, 0.717) is 34.2 Å². The number of aromatic carboxylic acids is 1. The molecule has 0 unspecified atom stereocenters. The Balaban J connectivity index is 2.25. The van der Waals surface area contributed by atoms with E-state index in [1.54, 1.807) is 12.1 Å². The van der Waals surface area contributed by atoms with Crippen molar-refractivity contribution in [3.63, 3.8) is 0 Å². The largest absolute Gasteiger partial charge is 0.490 e. The lowest BCUT2D eigenvalue weighted by Crippen LogP contribution is -2.03. The van der Waals surface area contributed by atoms with Gasteiger partial charge in [-0.3, -0.25) is 0 Å². The van der Waals surface area contributed by atoms with Crippen LogP contribution in [0, 0.1) is 0 Å². The first kappa shape index (κ1) is 16.6. The van der Waals surface area contributed by atoms with Gasteiger partial charge in [-0.2, -0.15) is 0 Å². The molecule has 22 heavy (non-hydrogen) atoms. The molecule has 6 heteroatoms. The van der Waals surface area contributed by atoms with Crippen LogP contribution in [0.1, 0.15) is 22.8 Å². The van der Waals surface area contributed by atoms with E-state index in [0.717, 1.165) is 5.56 Å². The summed E-state index contributed by atoms with van der Waals surface area (Å²) in [5.41, 5.74) is 1.08. The molecular weight excluding hydrogens is 372 g/mol. The number of carboxylic acid groups (broad SMARTS) is 1. The molecule has 4 nitrogen and oxygen atoms in total. The topological polar surface area (TPSA) is 55.8 Å². The average molecular weight is 386 g/mol. The molecule has 0 saturated heterocycles. The van der Waals surface area contributed by atoms with E-state index in [1.165, 1.54) is 12.1 Å². The van der Waals surface area contributed by atoms with E-state index in [9.17, 15) is 4.79 Å². The predicted molar refractivity (Wildman–Crippen MR) is 88.1 cm³/mol. The molecule has 2 rings (SSSR count). The maximum atomic E-state index is 11.1. The van der Waals surface area contributed by atoms with Crippen LogP contribution in [0.5, 0.6) is 11.5 Å². The number of benzene rings is 2. The second-order valence-corrected chi connectivity index (χ2v) is 5.73. The fourth-order valence-electron chi connectivity index (χ4n) is 1.83. The van der Waals surface area contributed by atoms with E-state index in [2.05, 4.69) is 15.9 Å². The van der Waals surface area contributed by atoms with Crippen molar-refractivity contribution in [1.29, 1.82) is 0 Å². The Bertz CT molecular complexity index is 671. The molecule has 0 fully saturated rings. The molecule has 0 atom stereocenters. The van der Waals surface area contributed by atoms with Gasteiger partial charge in [-0.05, 0) is 52.7 Å². The van der Waals surface area contributed by atoms with Gasteiger partial charge in [-0.1, -0.05) is 23.7 Å². The minimum absolute atomic E-state index is 0.133. The summed E-state index contributed by atoms with van der Waals surface area (Å²) in [4.78, 5) is 11.1. The normalized spacial score (nSPS) is 10.3. The molecule has 0 heterocycles. The summed E-state index contributed by atoms with van der Waals surface area (Å²) < 4.78 is 11.8. The third-order valence-electron chi connectivity index (χ3n) is 2.85. The van der Waals surface area contributed by atoms with Crippen LogP contribution in [-0.4, -0.2) is 17.7 Å². The maximum absolute atomic E-state index is 11.1. The van der Waals surface area contributed by atoms with E-state index < -0.39 is 5.97 Å². The number of hydrogen-bond donors (Lipinski definition) is 1. The van der Waals surface area contributed by atoms with Crippen LogP contribution in [0.15, 0.2) is 40.9 Å². The van der Waals surface area contributed by atoms with Gasteiger partial charge in [0.15, 0.2) is 11.5 Å². The Hall–Kier alpha value is -1.72. The minimum atomic E-state index is -1.02. The number of halogens is 2. The molecule has 0 aliphatic rings. The average Bonchev–Trinajstić information content (AvgIpc) is 2.48. The smallest absolute Gasteiger partial charge is 0.335 e. The number of carbonyl (C=O) groups is 1. The zero-order valence-electron chi connectivity index (χ0n) is 11.8. The fourth-order valence-corrected chi connectivity index (χ4v) is 2.51. The third-order valence-corrected chi connectivity index (χ3v) is 3.69. The Morgan fingerprint density at radius 2 is 1.91 bits per heavy atom. The van der Waals surface area contributed by atoms with Gasteiger partial charge < -0.3 is 14.6 Å². The molecule has 116 valence electrons. The number of carboxylic acids is 1. The summed E-state index contributed by atoms with van der Waals surface area (Å²) in [6, 6.07) is 10.2. The van der Waals surface area contributed by atoms with Gasteiger partial charge in [0.2, 0.25) is 0 Å². The summed E-state index contributed by atoms with van der Waals surface area (Å²) >= 11 is 9.18. The van der Waals surface area contributed by atoms with Gasteiger partial charge in [0.1, 0.15) is 6.61 Å². The van der Waals surface area contributed by atoms with Gasteiger partial charge in [0.05, 0.1) is 16.6 Å². The quantitative estimate of drug-likeness (QED) is 0.777. The van der Waals surface area contributed by atoms with Crippen molar-refractivity contribution in [3.05, 3.63) is 57.0 Å². The zero-order valence-corrected chi connectivity index (χ0v) is 14.1. The Kier molecular flexibility index (Phi) is 5.69. The van der Waals surface area contributed by atoms with Crippen molar-refractivity contribution in [1.82, 2.24) is 0 Å². The van der Waals surface area contributed by atoms with Gasteiger partial charge in [0, 0.05) is 5.02 Å². The van der Waals surface area contributed by atoms with Gasteiger partial charge in [0.25, 0.3) is 0 Å². The standard InChI is InChI=1S/C16H14BrClO4/c1-2-21-14-8-11(16(19)20)7-13(17)15(14)22-9-10-3-5-12(18)6-4-10/h3-8H,2,9H2,1H3,(H,19,20). The third kappa shape index (κ3) is 4.15. The van der Waals surface area contributed by atoms with E-state index in [4.69, 9.17) is 26.2 Å². The van der Waals surface area contributed by atoms with Gasteiger partial charge in [-0.25, -0.2) is 4.79 Å². The lowest BCUT2D eigenvalue weighted by Gasteiger charge is -2.14. The summed E-state index contributed by atoms with van der Waals surface area (Å²) in [7, 11) is 0. The molecule has 0 saturated carbocycles. The number of hydrogen-bond acceptors (Lipinski definition) is 3. The Morgan fingerprint density at radius 1 is 1.23 bits per heavy atom. The lowest BCUT2D eigenvalue weighted by atomic mass is 10.2. The van der Waals surface area contributed by atoms with Gasteiger partial charge in [-0.15, -0.1) is 0 Å². The van der Waals surface area contributed by atoms with E-state index >= 15 is 0 Å². The maximum Gasteiger partial charge on any atom is 0.335 e. The first-order valence-electron chi connectivity index (χ1n) is 6.58. The second kappa shape index (κ2) is 7.51. The monoisotopic (exact) mass is 384 g/mol. The summed E-state index contributed by atoms with van der Waals surface area (Å²) in [5, 5.41) is 9.76. The van der Waals surface area contributed by atoms with Crippen LogP contribution in [0.2, 0.25) is 5.02 Å². The lowest BCUT2D eigenvalue weighted by molar-refractivity contribution is 0.0696.